The van der Waals surface area contributed by atoms with Crippen LogP contribution in [0.1, 0.15) is 42.9 Å². The molecule has 0 amide bonds. The lowest BCUT2D eigenvalue weighted by molar-refractivity contribution is -0.139. The maximum Gasteiger partial charge on any atom is 0.326 e. The topological polar surface area (TPSA) is 83.5 Å². The Labute approximate surface area is 125 Å². The van der Waals surface area contributed by atoms with Crippen molar-refractivity contribution < 1.29 is 18.3 Å². The molecule has 0 saturated heterocycles. The largest absolute Gasteiger partial charge is 0.480 e. The minimum atomic E-state index is -3.60. The van der Waals surface area contributed by atoms with E-state index >= 15 is 0 Å². The summed E-state index contributed by atoms with van der Waals surface area (Å²) in [5.74, 6) is -1.02. The minimum absolute atomic E-state index is 0.0165. The first-order chi connectivity index (χ1) is 9.87. The summed E-state index contributed by atoms with van der Waals surface area (Å²) >= 11 is 0. The molecule has 0 heterocycles. The van der Waals surface area contributed by atoms with Gasteiger partial charge in [-0.05, 0) is 31.2 Å². The van der Waals surface area contributed by atoms with Gasteiger partial charge in [0.1, 0.15) is 6.04 Å². The van der Waals surface area contributed by atoms with E-state index in [2.05, 4.69) is 4.72 Å². The summed E-state index contributed by atoms with van der Waals surface area (Å²) in [6.07, 6.45) is 3.92. The molecule has 21 heavy (non-hydrogen) atoms. The Balaban J connectivity index is 2.11. The highest BCUT2D eigenvalue weighted by Gasteiger charge is 2.28. The predicted octanol–water partition coefficient (Wildman–Crippen LogP) is 2.23. The number of carbonyl (C=O) groups is 1. The van der Waals surface area contributed by atoms with Crippen molar-refractivity contribution in [2.45, 2.75) is 38.6 Å². The van der Waals surface area contributed by atoms with E-state index in [1.807, 2.05) is 6.92 Å². The molecule has 0 spiro atoms. The number of aryl methyl sites for hydroxylation is 1. The zero-order valence-electron chi connectivity index (χ0n) is 12.1. The first-order valence-electron chi connectivity index (χ1n) is 7.17. The first-order valence-corrected chi connectivity index (χ1v) is 8.82. The van der Waals surface area contributed by atoms with Gasteiger partial charge in [-0.15, -0.1) is 0 Å². The molecule has 116 valence electrons. The van der Waals surface area contributed by atoms with Crippen molar-refractivity contribution >= 4 is 16.0 Å². The fraction of sp³-hybridized carbons (Fsp3) is 0.533. The summed E-state index contributed by atoms with van der Waals surface area (Å²) in [7, 11) is -3.60. The van der Waals surface area contributed by atoms with Crippen LogP contribution >= 0.6 is 0 Å². The smallest absolute Gasteiger partial charge is 0.326 e. The van der Waals surface area contributed by atoms with Crippen LogP contribution in [0.5, 0.6) is 0 Å². The van der Waals surface area contributed by atoms with E-state index < -0.39 is 22.0 Å². The molecule has 2 N–H and O–H groups in total. The second-order valence-corrected chi connectivity index (χ2v) is 7.53. The molecule has 2 rings (SSSR count). The number of nitrogens with one attached hydrogen (secondary N) is 1. The van der Waals surface area contributed by atoms with Gasteiger partial charge in [-0.1, -0.05) is 42.7 Å². The molecular formula is C15H21NO4S. The lowest BCUT2D eigenvalue weighted by Gasteiger charge is -2.17. The van der Waals surface area contributed by atoms with E-state index in [0.717, 1.165) is 31.2 Å². The lowest BCUT2D eigenvalue weighted by Crippen LogP contribution is -2.36. The van der Waals surface area contributed by atoms with Gasteiger partial charge in [0.2, 0.25) is 10.0 Å². The summed E-state index contributed by atoms with van der Waals surface area (Å²) in [4.78, 5) is 11.4. The third kappa shape index (κ3) is 4.54. The van der Waals surface area contributed by atoms with Crippen LogP contribution in [0.3, 0.4) is 0 Å². The molecule has 6 heteroatoms. The third-order valence-electron chi connectivity index (χ3n) is 3.88. The minimum Gasteiger partial charge on any atom is -0.480 e. The van der Waals surface area contributed by atoms with Crippen LogP contribution in [0.25, 0.3) is 0 Å². The SMILES string of the molecule is Cc1ccc(C(NS(=O)(=O)CC2CCCC2)C(=O)O)cc1. The summed E-state index contributed by atoms with van der Waals surface area (Å²) in [5.41, 5.74) is 1.44. The van der Waals surface area contributed by atoms with Gasteiger partial charge in [-0.25, -0.2) is 8.42 Å². The van der Waals surface area contributed by atoms with Crippen molar-refractivity contribution in [3.05, 3.63) is 35.4 Å². The molecule has 1 aliphatic rings. The summed E-state index contributed by atoms with van der Waals surface area (Å²) < 4.78 is 26.7. The number of hydrogen-bond acceptors (Lipinski definition) is 3. The van der Waals surface area contributed by atoms with Crippen LogP contribution in [-0.4, -0.2) is 25.2 Å². The van der Waals surface area contributed by atoms with Crippen LogP contribution in [-0.2, 0) is 14.8 Å². The van der Waals surface area contributed by atoms with Gasteiger partial charge in [0.25, 0.3) is 0 Å². The fourth-order valence-electron chi connectivity index (χ4n) is 2.73. The van der Waals surface area contributed by atoms with E-state index in [-0.39, 0.29) is 11.7 Å². The van der Waals surface area contributed by atoms with Crippen LogP contribution in [0.15, 0.2) is 24.3 Å². The van der Waals surface area contributed by atoms with Crippen molar-refractivity contribution in [2.75, 3.05) is 5.75 Å². The van der Waals surface area contributed by atoms with Crippen LogP contribution in [0, 0.1) is 12.8 Å². The Morgan fingerprint density at radius 2 is 1.86 bits per heavy atom. The van der Waals surface area contributed by atoms with Gasteiger partial charge in [-0.2, -0.15) is 4.72 Å². The van der Waals surface area contributed by atoms with Gasteiger partial charge in [0, 0.05) is 0 Å². The highest BCUT2D eigenvalue weighted by atomic mass is 32.2. The normalized spacial score (nSPS) is 17.8. The Morgan fingerprint density at radius 3 is 2.38 bits per heavy atom. The molecule has 1 atom stereocenters. The number of aliphatic carboxylic acids is 1. The van der Waals surface area contributed by atoms with Crippen LogP contribution in [0.2, 0.25) is 0 Å². The van der Waals surface area contributed by atoms with Gasteiger partial charge in [0.15, 0.2) is 0 Å². The van der Waals surface area contributed by atoms with Crippen molar-refractivity contribution in [2.24, 2.45) is 5.92 Å². The highest BCUT2D eigenvalue weighted by molar-refractivity contribution is 7.89. The molecular weight excluding hydrogens is 290 g/mol. The lowest BCUT2D eigenvalue weighted by atomic mass is 10.1. The number of sulfonamides is 1. The molecule has 5 nitrogen and oxygen atoms in total. The zero-order chi connectivity index (χ0) is 15.5. The maximum atomic E-state index is 12.2. The van der Waals surface area contributed by atoms with Crippen molar-refractivity contribution in [1.29, 1.82) is 0 Å². The zero-order valence-corrected chi connectivity index (χ0v) is 12.9. The van der Waals surface area contributed by atoms with Crippen molar-refractivity contribution in [3.63, 3.8) is 0 Å². The summed E-state index contributed by atoms with van der Waals surface area (Å²) in [6, 6.07) is 5.61. The number of rotatable bonds is 6. The van der Waals surface area contributed by atoms with Crippen molar-refractivity contribution in [1.82, 2.24) is 4.72 Å². The van der Waals surface area contributed by atoms with Crippen molar-refractivity contribution in [3.8, 4) is 0 Å². The summed E-state index contributed by atoms with van der Waals surface area (Å²) in [5, 5.41) is 9.29. The Bertz CT molecular complexity index is 589. The van der Waals surface area contributed by atoms with E-state index in [9.17, 15) is 18.3 Å². The molecule has 1 aliphatic carbocycles. The second kappa shape index (κ2) is 6.58. The van der Waals surface area contributed by atoms with Gasteiger partial charge in [-0.3, -0.25) is 4.79 Å². The standard InChI is InChI=1S/C15H21NO4S/c1-11-6-8-13(9-7-11)14(15(17)18)16-21(19,20)10-12-4-2-3-5-12/h6-9,12,14,16H,2-5,10H2,1H3,(H,17,18). The molecule has 0 aromatic heterocycles. The van der Waals surface area contributed by atoms with Crippen LogP contribution < -0.4 is 4.72 Å². The highest BCUT2D eigenvalue weighted by Crippen LogP contribution is 2.26. The maximum absolute atomic E-state index is 12.2. The van der Waals surface area contributed by atoms with Gasteiger partial charge >= 0.3 is 5.97 Å². The molecule has 0 aliphatic heterocycles. The second-order valence-electron chi connectivity index (χ2n) is 5.73. The number of hydrogen-bond donors (Lipinski definition) is 2. The van der Waals surface area contributed by atoms with E-state index in [1.54, 1.807) is 24.3 Å². The molecule has 1 aromatic carbocycles. The van der Waals surface area contributed by atoms with E-state index in [1.165, 1.54) is 0 Å². The molecule has 1 aromatic rings. The number of carboxylic acid groups (broad SMARTS) is 1. The quantitative estimate of drug-likeness (QED) is 0.844. The number of carboxylic acids is 1. The first kappa shape index (κ1) is 16.0. The molecule has 0 radical (unpaired) electrons. The van der Waals surface area contributed by atoms with E-state index in [4.69, 9.17) is 0 Å². The Morgan fingerprint density at radius 1 is 1.29 bits per heavy atom. The third-order valence-corrected chi connectivity index (χ3v) is 5.39. The number of benzene rings is 1. The monoisotopic (exact) mass is 311 g/mol. The van der Waals surface area contributed by atoms with E-state index in [0.29, 0.717) is 5.56 Å². The van der Waals surface area contributed by atoms with Gasteiger partial charge < -0.3 is 5.11 Å². The van der Waals surface area contributed by atoms with Gasteiger partial charge in [0.05, 0.1) is 5.75 Å². The molecule has 1 fully saturated rings. The average molecular weight is 311 g/mol. The Kier molecular flexibility index (Phi) is 5.00. The molecule has 1 unspecified atom stereocenters. The molecule has 0 bridgehead atoms. The fourth-order valence-corrected chi connectivity index (χ4v) is 4.38. The van der Waals surface area contributed by atoms with Crippen LogP contribution in [0.4, 0.5) is 0 Å². The average Bonchev–Trinajstić information content (AvgIpc) is 2.89. The molecule has 1 saturated carbocycles. The predicted molar refractivity (Wildman–Crippen MR) is 80.4 cm³/mol. The Hall–Kier alpha value is -1.40. The summed E-state index contributed by atoms with van der Waals surface area (Å²) in [6.45, 7) is 1.89.